The molecule has 6 heteroatoms. The van der Waals surface area contributed by atoms with Crippen LogP contribution in [0.1, 0.15) is 38.7 Å². The van der Waals surface area contributed by atoms with Gasteiger partial charge >= 0.3 is 0 Å². The molecule has 2 aliphatic rings. The van der Waals surface area contributed by atoms with E-state index >= 15 is 0 Å². The van der Waals surface area contributed by atoms with Gasteiger partial charge in [0.1, 0.15) is 6.07 Å². The number of benzene rings is 1. The SMILES string of the molecule is CC1(C)CN(CCC(=O)Nc2ccc(C#N)c(Cl)c2)C1C1CCCO1. The van der Waals surface area contributed by atoms with Crippen molar-refractivity contribution >= 4 is 23.2 Å². The van der Waals surface area contributed by atoms with Crippen LogP contribution in [0.5, 0.6) is 0 Å². The van der Waals surface area contributed by atoms with E-state index < -0.39 is 0 Å². The standard InChI is InChI=1S/C19H24ClN3O2/c1-19(2)12-23(18(19)16-4-3-9-25-16)8-7-17(24)22-14-6-5-13(11-21)15(20)10-14/h5-6,10,16,18H,3-4,7-9,12H2,1-2H3,(H,22,24). The zero-order valence-corrected chi connectivity index (χ0v) is 15.5. The summed E-state index contributed by atoms with van der Waals surface area (Å²) in [5, 5.41) is 12.1. The van der Waals surface area contributed by atoms with E-state index in [1.165, 1.54) is 0 Å². The molecule has 2 saturated heterocycles. The number of amides is 1. The van der Waals surface area contributed by atoms with Gasteiger partial charge < -0.3 is 10.1 Å². The molecule has 134 valence electrons. The number of rotatable bonds is 5. The van der Waals surface area contributed by atoms with Crippen molar-refractivity contribution < 1.29 is 9.53 Å². The molecule has 0 saturated carbocycles. The minimum Gasteiger partial charge on any atom is -0.377 e. The van der Waals surface area contributed by atoms with Gasteiger partial charge in [-0.3, -0.25) is 9.69 Å². The molecule has 2 aliphatic heterocycles. The maximum atomic E-state index is 12.2. The summed E-state index contributed by atoms with van der Waals surface area (Å²) in [7, 11) is 0. The van der Waals surface area contributed by atoms with E-state index in [2.05, 4.69) is 24.1 Å². The van der Waals surface area contributed by atoms with E-state index in [4.69, 9.17) is 21.6 Å². The number of hydrogen-bond donors (Lipinski definition) is 1. The van der Waals surface area contributed by atoms with Crippen LogP contribution in [0.2, 0.25) is 5.02 Å². The molecule has 0 spiro atoms. The van der Waals surface area contributed by atoms with E-state index in [0.717, 1.165) is 32.5 Å². The first-order chi connectivity index (χ1) is 11.9. The smallest absolute Gasteiger partial charge is 0.225 e. The summed E-state index contributed by atoms with van der Waals surface area (Å²) >= 11 is 6.00. The lowest BCUT2D eigenvalue weighted by atomic mass is 9.71. The second-order valence-corrected chi connectivity index (χ2v) is 7.97. The van der Waals surface area contributed by atoms with Crippen molar-refractivity contribution in [1.29, 1.82) is 5.26 Å². The molecule has 0 bridgehead atoms. The highest BCUT2D eigenvalue weighted by molar-refractivity contribution is 6.32. The monoisotopic (exact) mass is 361 g/mol. The van der Waals surface area contributed by atoms with E-state index in [9.17, 15) is 4.79 Å². The molecule has 1 aromatic carbocycles. The maximum absolute atomic E-state index is 12.2. The van der Waals surface area contributed by atoms with Crippen LogP contribution in [-0.4, -0.2) is 42.6 Å². The normalized spacial score (nSPS) is 25.2. The number of carbonyl (C=O) groups excluding carboxylic acids is 1. The fourth-order valence-corrected chi connectivity index (χ4v) is 4.28. The molecule has 0 radical (unpaired) electrons. The van der Waals surface area contributed by atoms with Gasteiger partial charge in [0.2, 0.25) is 5.91 Å². The zero-order valence-electron chi connectivity index (χ0n) is 14.7. The Hall–Kier alpha value is -1.61. The second-order valence-electron chi connectivity index (χ2n) is 7.56. The summed E-state index contributed by atoms with van der Waals surface area (Å²) in [6, 6.07) is 7.33. The van der Waals surface area contributed by atoms with Crippen LogP contribution in [0, 0.1) is 16.7 Å². The van der Waals surface area contributed by atoms with Gasteiger partial charge in [0.25, 0.3) is 0 Å². The summed E-state index contributed by atoms with van der Waals surface area (Å²) in [5.41, 5.74) is 1.27. The van der Waals surface area contributed by atoms with Crippen LogP contribution in [0.15, 0.2) is 18.2 Å². The Labute approximate surface area is 153 Å². The van der Waals surface area contributed by atoms with Crippen molar-refractivity contribution in [3.63, 3.8) is 0 Å². The predicted octanol–water partition coefficient (Wildman–Crippen LogP) is 3.43. The predicted molar refractivity (Wildman–Crippen MR) is 97.5 cm³/mol. The van der Waals surface area contributed by atoms with E-state index in [-0.39, 0.29) is 11.3 Å². The molecular formula is C19H24ClN3O2. The van der Waals surface area contributed by atoms with Crippen LogP contribution in [0.25, 0.3) is 0 Å². The molecule has 5 nitrogen and oxygen atoms in total. The highest BCUT2D eigenvalue weighted by Gasteiger charge is 2.50. The van der Waals surface area contributed by atoms with E-state index in [1.54, 1.807) is 18.2 Å². The van der Waals surface area contributed by atoms with Crippen LogP contribution in [0.3, 0.4) is 0 Å². The first-order valence-electron chi connectivity index (χ1n) is 8.76. The number of nitrogens with one attached hydrogen (secondary N) is 1. The van der Waals surface area contributed by atoms with Crippen molar-refractivity contribution in [2.24, 2.45) is 5.41 Å². The summed E-state index contributed by atoms with van der Waals surface area (Å²) in [6.45, 7) is 7.12. The number of nitrogens with zero attached hydrogens (tertiary/aromatic N) is 2. The lowest BCUT2D eigenvalue weighted by Gasteiger charge is -2.56. The summed E-state index contributed by atoms with van der Waals surface area (Å²) in [4.78, 5) is 14.6. The molecule has 0 aliphatic carbocycles. The van der Waals surface area contributed by atoms with Crippen LogP contribution >= 0.6 is 11.6 Å². The van der Waals surface area contributed by atoms with E-state index in [1.807, 2.05) is 6.07 Å². The molecule has 3 rings (SSSR count). The lowest BCUT2D eigenvalue weighted by molar-refractivity contribution is -0.127. The molecule has 25 heavy (non-hydrogen) atoms. The van der Waals surface area contributed by atoms with Crippen molar-refractivity contribution in [1.82, 2.24) is 4.90 Å². The van der Waals surface area contributed by atoms with Gasteiger partial charge in [-0.1, -0.05) is 25.4 Å². The molecule has 2 fully saturated rings. The van der Waals surface area contributed by atoms with Crippen molar-refractivity contribution in [3.8, 4) is 6.07 Å². The van der Waals surface area contributed by atoms with Crippen molar-refractivity contribution in [2.75, 3.05) is 25.0 Å². The topological polar surface area (TPSA) is 65.4 Å². The summed E-state index contributed by atoms with van der Waals surface area (Å²) in [5.74, 6) is -0.0448. The number of nitriles is 1. The molecule has 0 aromatic heterocycles. The molecule has 1 amide bonds. The van der Waals surface area contributed by atoms with Crippen LogP contribution in [0.4, 0.5) is 5.69 Å². The van der Waals surface area contributed by atoms with Crippen LogP contribution in [-0.2, 0) is 9.53 Å². The fraction of sp³-hybridized carbons (Fsp3) is 0.579. The van der Waals surface area contributed by atoms with Gasteiger partial charge in [-0.2, -0.15) is 5.26 Å². The zero-order chi connectivity index (χ0) is 18.0. The van der Waals surface area contributed by atoms with Gasteiger partial charge in [0.05, 0.1) is 16.7 Å². The number of likely N-dealkylation sites (tertiary alicyclic amines) is 1. The third-order valence-corrected chi connectivity index (χ3v) is 5.43. The number of ether oxygens (including phenoxy) is 1. The summed E-state index contributed by atoms with van der Waals surface area (Å²) in [6.07, 6.45) is 2.96. The highest BCUT2D eigenvalue weighted by atomic mass is 35.5. The van der Waals surface area contributed by atoms with Gasteiger partial charge in [0, 0.05) is 37.8 Å². The number of halogens is 1. The van der Waals surface area contributed by atoms with Gasteiger partial charge in [-0.15, -0.1) is 0 Å². The third kappa shape index (κ3) is 3.98. The molecule has 1 N–H and O–H groups in total. The fourth-order valence-electron chi connectivity index (χ4n) is 4.06. The van der Waals surface area contributed by atoms with Crippen LogP contribution < -0.4 is 5.32 Å². The summed E-state index contributed by atoms with van der Waals surface area (Å²) < 4.78 is 5.88. The quantitative estimate of drug-likeness (QED) is 0.872. The number of anilines is 1. The Morgan fingerprint density at radius 3 is 2.92 bits per heavy atom. The molecule has 2 heterocycles. The van der Waals surface area contributed by atoms with Gasteiger partial charge in [-0.25, -0.2) is 0 Å². The third-order valence-electron chi connectivity index (χ3n) is 5.12. The maximum Gasteiger partial charge on any atom is 0.225 e. The Kier molecular flexibility index (Phi) is 5.33. The molecule has 2 unspecified atom stereocenters. The Bertz CT molecular complexity index is 692. The minimum absolute atomic E-state index is 0.0448. The minimum atomic E-state index is -0.0448. The van der Waals surface area contributed by atoms with Crippen molar-refractivity contribution in [2.45, 2.75) is 45.3 Å². The largest absolute Gasteiger partial charge is 0.377 e. The first-order valence-corrected chi connectivity index (χ1v) is 9.14. The van der Waals surface area contributed by atoms with Gasteiger partial charge in [0.15, 0.2) is 0 Å². The second kappa shape index (κ2) is 7.33. The first kappa shape index (κ1) is 18.2. The van der Waals surface area contributed by atoms with Crippen molar-refractivity contribution in [3.05, 3.63) is 28.8 Å². The molecule has 2 atom stereocenters. The Morgan fingerprint density at radius 2 is 2.32 bits per heavy atom. The highest BCUT2D eigenvalue weighted by Crippen LogP contribution is 2.42. The number of hydrogen-bond acceptors (Lipinski definition) is 4. The average Bonchev–Trinajstić information content (AvgIpc) is 3.05. The number of carbonyl (C=O) groups is 1. The Balaban J connectivity index is 1.52. The van der Waals surface area contributed by atoms with E-state index in [0.29, 0.717) is 34.8 Å². The average molecular weight is 362 g/mol. The lowest BCUT2D eigenvalue weighted by Crippen LogP contribution is -2.66. The Morgan fingerprint density at radius 1 is 1.52 bits per heavy atom. The molecule has 1 aromatic rings. The molecular weight excluding hydrogens is 338 g/mol. The van der Waals surface area contributed by atoms with Gasteiger partial charge in [-0.05, 0) is 36.5 Å².